The van der Waals surface area contributed by atoms with Crippen LogP contribution >= 0.6 is 0 Å². The molecule has 1 aromatic carbocycles. The Morgan fingerprint density at radius 1 is 1.12 bits per heavy atom. The van der Waals surface area contributed by atoms with Crippen LogP contribution in [0.1, 0.15) is 62.1 Å². The smallest absolute Gasteiger partial charge is 0.410 e. The molecule has 0 aliphatic carbocycles. The molecule has 210 valence electrons. The van der Waals surface area contributed by atoms with Crippen LogP contribution in [0.3, 0.4) is 0 Å². The number of likely N-dealkylation sites (tertiary alicyclic amines) is 2. The van der Waals surface area contributed by atoms with E-state index in [1.165, 1.54) is 32.4 Å². The third kappa shape index (κ3) is 4.31. The quantitative estimate of drug-likeness (QED) is 0.416. The molecule has 1 atom stereocenters. The van der Waals surface area contributed by atoms with E-state index in [4.69, 9.17) is 14.5 Å². The minimum atomic E-state index is -1.18. The molecule has 0 bridgehead atoms. The fourth-order valence-corrected chi connectivity index (χ4v) is 6.93. The first-order chi connectivity index (χ1) is 19.4. The second kappa shape index (κ2) is 9.98. The summed E-state index contributed by atoms with van der Waals surface area (Å²) in [6.07, 6.45) is 6.04. The first kappa shape index (κ1) is 25.7. The van der Waals surface area contributed by atoms with Crippen molar-refractivity contribution in [2.45, 2.75) is 70.2 Å². The van der Waals surface area contributed by atoms with Crippen LogP contribution in [-0.2, 0) is 23.5 Å². The number of aliphatic hydroxyl groups is 1. The Balaban J connectivity index is 1.10. The molecule has 0 saturated carbocycles. The van der Waals surface area contributed by atoms with E-state index in [1.807, 2.05) is 36.1 Å². The number of rotatable bonds is 3. The number of carbonyl (C=O) groups excluding carboxylic acids is 1. The molecule has 9 heteroatoms. The highest BCUT2D eigenvalue weighted by molar-refractivity contribution is 5.86. The summed E-state index contributed by atoms with van der Waals surface area (Å²) in [6, 6.07) is 9.99. The molecule has 0 spiro atoms. The largest absolute Gasteiger partial charge is 0.415 e. The predicted octanol–water partition coefficient (Wildman–Crippen LogP) is 4.00. The lowest BCUT2D eigenvalue weighted by Crippen LogP contribution is -2.48. The number of pyridine rings is 2. The molecule has 2 fully saturated rings. The van der Waals surface area contributed by atoms with Crippen LogP contribution in [-0.4, -0.2) is 69.4 Å². The minimum absolute atomic E-state index is 0.139. The van der Waals surface area contributed by atoms with Gasteiger partial charge >= 0.3 is 6.09 Å². The van der Waals surface area contributed by atoms with Gasteiger partial charge in [0.05, 0.1) is 36.7 Å². The number of fused-ring (bicyclic) bond motifs is 5. The number of ether oxygens (including phenoxy) is 2. The van der Waals surface area contributed by atoms with E-state index in [1.54, 1.807) is 10.6 Å². The molecule has 0 radical (unpaired) electrons. The van der Waals surface area contributed by atoms with E-state index in [2.05, 4.69) is 4.90 Å². The second-order valence-corrected chi connectivity index (χ2v) is 11.7. The van der Waals surface area contributed by atoms with Gasteiger partial charge in [-0.1, -0.05) is 13.3 Å². The summed E-state index contributed by atoms with van der Waals surface area (Å²) >= 11 is 0. The summed E-state index contributed by atoms with van der Waals surface area (Å²) in [4.78, 5) is 35.7. The normalized spacial score (nSPS) is 23.1. The predicted molar refractivity (Wildman–Crippen MR) is 150 cm³/mol. The molecular formula is C31H36N4O5. The van der Waals surface area contributed by atoms with E-state index in [-0.39, 0.29) is 24.9 Å². The summed E-state index contributed by atoms with van der Waals surface area (Å²) in [5.41, 5.74) is 3.00. The van der Waals surface area contributed by atoms with Crippen molar-refractivity contribution in [2.75, 3.05) is 32.8 Å². The minimum Gasteiger partial charge on any atom is -0.410 e. The van der Waals surface area contributed by atoms with Crippen LogP contribution in [0.4, 0.5) is 4.79 Å². The van der Waals surface area contributed by atoms with Gasteiger partial charge in [0.1, 0.15) is 11.4 Å². The number of amides is 1. The zero-order valence-corrected chi connectivity index (χ0v) is 23.0. The molecule has 7 rings (SSSR count). The Morgan fingerprint density at radius 2 is 1.93 bits per heavy atom. The highest BCUT2D eigenvalue weighted by atomic mass is 16.6. The summed E-state index contributed by atoms with van der Waals surface area (Å²) in [5, 5.41) is 12.0. The first-order valence-corrected chi connectivity index (χ1v) is 14.7. The molecular weight excluding hydrogens is 508 g/mol. The molecule has 4 aliphatic rings. The van der Waals surface area contributed by atoms with Crippen molar-refractivity contribution < 1.29 is 19.4 Å². The monoisotopic (exact) mass is 544 g/mol. The van der Waals surface area contributed by atoms with E-state index in [0.29, 0.717) is 35.9 Å². The third-order valence-electron chi connectivity index (χ3n) is 9.34. The van der Waals surface area contributed by atoms with Crippen LogP contribution in [0, 0.1) is 0 Å². The van der Waals surface area contributed by atoms with Gasteiger partial charge in [-0.25, -0.2) is 9.78 Å². The van der Waals surface area contributed by atoms with Gasteiger partial charge in [-0.3, -0.25) is 4.79 Å². The highest BCUT2D eigenvalue weighted by Gasteiger charge is 2.38. The average Bonchev–Trinajstić information content (AvgIpc) is 3.35. The number of hydrogen-bond acceptors (Lipinski definition) is 7. The number of aromatic nitrogens is 2. The summed E-state index contributed by atoms with van der Waals surface area (Å²) in [5.74, 6) is 0.491. The molecule has 1 amide bonds. The Kier molecular flexibility index (Phi) is 6.40. The fourth-order valence-electron chi connectivity index (χ4n) is 6.93. The van der Waals surface area contributed by atoms with E-state index in [0.717, 1.165) is 53.8 Å². The van der Waals surface area contributed by atoms with Crippen LogP contribution < -0.4 is 10.3 Å². The first-order valence-electron chi connectivity index (χ1n) is 14.7. The van der Waals surface area contributed by atoms with Crippen LogP contribution in [0.25, 0.3) is 22.3 Å². The summed E-state index contributed by atoms with van der Waals surface area (Å²) in [6.45, 7) is 6.48. The number of carbonyl (C=O) groups is 1. The maximum Gasteiger partial charge on any atom is 0.415 e. The van der Waals surface area contributed by atoms with Gasteiger partial charge in [0.2, 0.25) is 0 Å². The van der Waals surface area contributed by atoms with Gasteiger partial charge in [-0.05, 0) is 81.1 Å². The van der Waals surface area contributed by atoms with Crippen LogP contribution in [0.2, 0.25) is 0 Å². The molecule has 2 saturated heterocycles. The standard InChI is InChI=1S/C31H36N4O5/c1-2-31(38)19-39-18-24-25(31)16-27-28-21(17-35(27)29(24)36)14-20-15-23(6-7-26(20)32-28)40-30(37)34-12-8-22(9-13-34)33-10-4-3-5-11-33/h6-7,14-16,22,38H,2-5,8-13,17-19H2,1H3. The Hall–Kier alpha value is -3.27. The van der Waals surface area contributed by atoms with E-state index < -0.39 is 5.60 Å². The SMILES string of the molecule is CCC1(O)COCc2c1cc1n(c2=O)Cc2cc3cc(OC(=O)N4CCC(N5CCCCC5)CC4)ccc3nc2-1. The Bertz CT molecular complexity index is 1540. The second-order valence-electron chi connectivity index (χ2n) is 11.7. The summed E-state index contributed by atoms with van der Waals surface area (Å²) < 4.78 is 13.1. The van der Waals surface area contributed by atoms with Gasteiger partial charge in [0, 0.05) is 35.6 Å². The van der Waals surface area contributed by atoms with E-state index >= 15 is 0 Å². The van der Waals surface area contributed by atoms with Gasteiger partial charge in [-0.15, -0.1) is 0 Å². The van der Waals surface area contributed by atoms with E-state index in [9.17, 15) is 14.7 Å². The van der Waals surface area contributed by atoms with Crippen LogP contribution in [0.5, 0.6) is 5.75 Å². The molecule has 4 aliphatic heterocycles. The fraction of sp³-hybridized carbons (Fsp3) is 0.516. The molecule has 3 aromatic rings. The molecule has 1 N–H and O–H groups in total. The number of benzene rings is 1. The lowest BCUT2D eigenvalue weighted by atomic mass is 9.86. The van der Waals surface area contributed by atoms with Gasteiger partial charge in [0.15, 0.2) is 0 Å². The van der Waals surface area contributed by atoms with Gasteiger partial charge < -0.3 is 28.9 Å². The average molecular weight is 545 g/mol. The van der Waals surface area contributed by atoms with Crippen LogP contribution in [0.15, 0.2) is 35.1 Å². The van der Waals surface area contributed by atoms with Crippen molar-refractivity contribution in [2.24, 2.45) is 0 Å². The van der Waals surface area contributed by atoms with Crippen molar-refractivity contribution in [1.82, 2.24) is 19.4 Å². The number of piperidine rings is 2. The van der Waals surface area contributed by atoms with Crippen molar-refractivity contribution in [3.63, 3.8) is 0 Å². The molecule has 6 heterocycles. The maximum absolute atomic E-state index is 13.4. The van der Waals surface area contributed by atoms with Crippen molar-refractivity contribution >= 4 is 17.0 Å². The third-order valence-corrected chi connectivity index (χ3v) is 9.34. The van der Waals surface area contributed by atoms with Crippen molar-refractivity contribution in [3.05, 3.63) is 57.4 Å². The lowest BCUT2D eigenvalue weighted by Gasteiger charge is -2.39. The highest BCUT2D eigenvalue weighted by Crippen LogP contribution is 2.38. The number of hydrogen-bond donors (Lipinski definition) is 1. The van der Waals surface area contributed by atoms with Crippen molar-refractivity contribution in [1.29, 1.82) is 0 Å². The topological polar surface area (TPSA) is 97.1 Å². The molecule has 9 nitrogen and oxygen atoms in total. The molecule has 1 unspecified atom stereocenters. The Labute approximate surface area is 233 Å². The molecule has 2 aromatic heterocycles. The lowest BCUT2D eigenvalue weighted by molar-refractivity contribution is -0.0757. The molecule has 40 heavy (non-hydrogen) atoms. The van der Waals surface area contributed by atoms with Gasteiger partial charge in [0.25, 0.3) is 5.56 Å². The maximum atomic E-state index is 13.4. The van der Waals surface area contributed by atoms with Crippen molar-refractivity contribution in [3.8, 4) is 17.1 Å². The zero-order valence-electron chi connectivity index (χ0n) is 23.0. The Morgan fingerprint density at radius 3 is 2.70 bits per heavy atom. The summed E-state index contributed by atoms with van der Waals surface area (Å²) in [7, 11) is 0. The number of nitrogens with zero attached hydrogens (tertiary/aromatic N) is 4. The zero-order chi connectivity index (χ0) is 27.4. The van der Waals surface area contributed by atoms with Gasteiger partial charge in [-0.2, -0.15) is 0 Å².